The summed E-state index contributed by atoms with van der Waals surface area (Å²) in [5.74, 6) is 2.98. The number of likely N-dealkylation sites (N-methyl/N-ethyl adjacent to an activating group) is 2. The molecule has 0 spiro atoms. The lowest BCUT2D eigenvalue weighted by atomic mass is 9.97. The molecule has 2 aliphatic heterocycles. The molecule has 0 fully saturated rings. The van der Waals surface area contributed by atoms with E-state index < -0.39 is 0 Å². The van der Waals surface area contributed by atoms with E-state index in [1.165, 1.54) is 0 Å². The van der Waals surface area contributed by atoms with Crippen molar-refractivity contribution >= 4 is 56.3 Å². The summed E-state index contributed by atoms with van der Waals surface area (Å²) >= 11 is 0. The average molecular weight is 816 g/mol. The number of benzodiazepines with no additional fused rings is 2. The van der Waals surface area contributed by atoms with Crippen molar-refractivity contribution in [2.45, 2.75) is 6.61 Å². The Kier molecular flexibility index (Phi) is 11.4. The van der Waals surface area contributed by atoms with E-state index in [0.717, 1.165) is 78.0 Å². The topological polar surface area (TPSA) is 127 Å². The van der Waals surface area contributed by atoms with Crippen LogP contribution in [0.15, 0.2) is 131 Å². The molecular weight excluding hydrogens is 771 g/mol. The molecule has 0 bridgehead atoms. The molecule has 0 saturated heterocycles. The quantitative estimate of drug-likeness (QED) is 0.156. The maximum Gasteiger partial charge on any atom is 0.248 e. The van der Waals surface area contributed by atoms with E-state index >= 15 is 0 Å². The molecule has 0 saturated carbocycles. The number of carbonyl (C=O) groups is 2. The summed E-state index contributed by atoms with van der Waals surface area (Å²) in [6.45, 7) is 0.677. The lowest BCUT2D eigenvalue weighted by Gasteiger charge is -2.20. The number of fused-ring (bicyclic) bond motifs is 4. The molecule has 12 heteroatoms. The van der Waals surface area contributed by atoms with Crippen molar-refractivity contribution in [3.8, 4) is 28.7 Å². The highest BCUT2D eigenvalue weighted by Crippen LogP contribution is 2.39. The van der Waals surface area contributed by atoms with Crippen LogP contribution in [0.25, 0.3) is 21.7 Å². The fraction of sp³-hybridized carbons (Fsp3) is 0.184. The Morgan fingerprint density at radius 2 is 1.07 bits per heavy atom. The Bertz CT molecular complexity index is 2850. The highest BCUT2D eigenvalue weighted by molar-refractivity contribution is 6.21. The Morgan fingerprint density at radius 3 is 1.64 bits per heavy atom. The zero-order chi connectivity index (χ0) is 42.6. The van der Waals surface area contributed by atoms with Gasteiger partial charge in [-0.3, -0.25) is 19.6 Å². The Labute approximate surface area is 353 Å². The zero-order valence-electron chi connectivity index (χ0n) is 34.8. The largest absolute Gasteiger partial charge is 0.493 e. The average Bonchev–Trinajstić information content (AvgIpc) is 3.69. The van der Waals surface area contributed by atoms with Gasteiger partial charge in [0.05, 0.1) is 51.2 Å². The number of anilines is 2. The molecule has 3 heterocycles. The van der Waals surface area contributed by atoms with E-state index in [1.54, 1.807) is 52.3 Å². The number of nitrogens with zero attached hydrogens (tertiary/aromatic N) is 4. The first-order valence-electron chi connectivity index (χ1n) is 19.6. The fourth-order valence-electron chi connectivity index (χ4n) is 7.51. The van der Waals surface area contributed by atoms with Crippen molar-refractivity contribution in [3.05, 3.63) is 149 Å². The standard InChI is InChI=1S/C29H26N2O4.C20H19N3O3/c1-31-25-16-27(34-3)26(33-2)15-24(25)29(30-17-28(31)32)22-10-9-21-14-23(12-11-20(21)13-22)35-18-19-7-5-4-6-8-19;1-23-16-10-18(26-3)17(25-2)9-14(16)20(22-11-19(23)24)13-4-5-15-12(8-13)6-7-21-15/h4-16H,17-18H2,1-3H3;4-10,21H,11H2,1-3H3. The van der Waals surface area contributed by atoms with Crippen LogP contribution in [0.3, 0.4) is 0 Å². The zero-order valence-corrected chi connectivity index (χ0v) is 34.8. The summed E-state index contributed by atoms with van der Waals surface area (Å²) in [6.07, 6.45) is 1.91. The summed E-state index contributed by atoms with van der Waals surface area (Å²) in [7, 11) is 9.86. The number of hydrogen-bond donors (Lipinski definition) is 1. The Morgan fingerprint density at radius 1 is 0.557 bits per heavy atom. The van der Waals surface area contributed by atoms with Gasteiger partial charge >= 0.3 is 0 Å². The van der Waals surface area contributed by atoms with Gasteiger partial charge in [-0.1, -0.05) is 54.6 Å². The Balaban J connectivity index is 0.000000176. The SMILES string of the molecule is COc1cc2c(cc1OC)N(C)C(=O)CN=C2c1ccc2[nH]ccc2c1.COc1cc2c(cc1OC)N(C)C(=O)CN=C2c1ccc2cc(OCc3ccccc3)ccc2c1. The van der Waals surface area contributed by atoms with Gasteiger partial charge in [-0.25, -0.2) is 0 Å². The van der Waals surface area contributed by atoms with E-state index in [1.807, 2.05) is 103 Å². The van der Waals surface area contributed by atoms with Gasteiger partial charge in [-0.15, -0.1) is 0 Å². The number of amides is 2. The molecule has 2 aliphatic rings. The van der Waals surface area contributed by atoms with Gasteiger partial charge in [0.15, 0.2) is 23.0 Å². The third-order valence-corrected chi connectivity index (χ3v) is 10.9. The van der Waals surface area contributed by atoms with Crippen molar-refractivity contribution in [2.24, 2.45) is 9.98 Å². The lowest BCUT2D eigenvalue weighted by molar-refractivity contribution is -0.117. The number of ether oxygens (including phenoxy) is 5. The molecule has 1 aromatic heterocycles. The van der Waals surface area contributed by atoms with Crippen LogP contribution in [-0.2, 0) is 16.2 Å². The number of benzene rings is 6. The second kappa shape index (κ2) is 17.3. The van der Waals surface area contributed by atoms with Crippen LogP contribution in [0.5, 0.6) is 28.7 Å². The molecule has 61 heavy (non-hydrogen) atoms. The van der Waals surface area contributed by atoms with Crippen LogP contribution in [0.4, 0.5) is 11.4 Å². The fourth-order valence-corrected chi connectivity index (χ4v) is 7.51. The van der Waals surface area contributed by atoms with Gasteiger partial charge in [0, 0.05) is 65.6 Å². The number of rotatable bonds is 9. The first kappa shape index (κ1) is 40.2. The van der Waals surface area contributed by atoms with Gasteiger partial charge in [-0.05, 0) is 64.9 Å². The van der Waals surface area contributed by atoms with Crippen molar-refractivity contribution in [1.82, 2.24) is 4.98 Å². The summed E-state index contributed by atoms with van der Waals surface area (Å²) in [5, 5.41) is 3.22. The van der Waals surface area contributed by atoms with Crippen LogP contribution in [-0.4, -0.2) is 83.8 Å². The first-order valence-corrected chi connectivity index (χ1v) is 19.6. The van der Waals surface area contributed by atoms with Crippen LogP contribution < -0.4 is 33.5 Å². The van der Waals surface area contributed by atoms with Crippen LogP contribution in [0.1, 0.15) is 27.8 Å². The van der Waals surface area contributed by atoms with Crippen molar-refractivity contribution in [1.29, 1.82) is 0 Å². The number of carbonyl (C=O) groups excluding carboxylic acids is 2. The molecule has 0 radical (unpaired) electrons. The van der Waals surface area contributed by atoms with Crippen molar-refractivity contribution in [3.63, 3.8) is 0 Å². The summed E-state index contributed by atoms with van der Waals surface area (Å²) < 4.78 is 27.9. The molecule has 2 amide bonds. The highest BCUT2D eigenvalue weighted by Gasteiger charge is 2.27. The smallest absolute Gasteiger partial charge is 0.248 e. The van der Waals surface area contributed by atoms with Crippen molar-refractivity contribution in [2.75, 3.05) is 65.4 Å². The minimum atomic E-state index is -0.0885. The van der Waals surface area contributed by atoms with Gasteiger partial charge in [0.2, 0.25) is 11.8 Å². The number of methoxy groups -OCH3 is 4. The Hall–Kier alpha value is -7.60. The van der Waals surface area contributed by atoms with Gasteiger partial charge in [-0.2, -0.15) is 0 Å². The maximum atomic E-state index is 12.7. The van der Waals surface area contributed by atoms with Gasteiger partial charge < -0.3 is 38.5 Å². The van der Waals surface area contributed by atoms with E-state index in [2.05, 4.69) is 33.2 Å². The summed E-state index contributed by atoms with van der Waals surface area (Å²) in [5.41, 5.74) is 8.70. The maximum absolute atomic E-state index is 12.7. The van der Waals surface area contributed by atoms with E-state index in [9.17, 15) is 9.59 Å². The summed E-state index contributed by atoms with van der Waals surface area (Å²) in [6, 6.07) is 37.8. The number of aromatic nitrogens is 1. The number of aromatic amines is 1. The third kappa shape index (κ3) is 8.07. The van der Waals surface area contributed by atoms with Crippen LogP contribution in [0, 0.1) is 0 Å². The normalized spacial score (nSPS) is 13.5. The van der Waals surface area contributed by atoms with E-state index in [4.69, 9.17) is 23.7 Å². The third-order valence-electron chi connectivity index (χ3n) is 10.9. The summed E-state index contributed by atoms with van der Waals surface area (Å²) in [4.78, 5) is 40.8. The second-order valence-electron chi connectivity index (χ2n) is 14.5. The molecule has 6 aromatic carbocycles. The van der Waals surface area contributed by atoms with Crippen molar-refractivity contribution < 1.29 is 33.3 Å². The monoisotopic (exact) mass is 815 g/mol. The molecule has 308 valence electrons. The molecule has 0 atom stereocenters. The minimum absolute atomic E-state index is 0.0649. The molecule has 0 aliphatic carbocycles. The highest BCUT2D eigenvalue weighted by atomic mass is 16.5. The predicted molar refractivity (Wildman–Crippen MR) is 240 cm³/mol. The number of hydrogen-bond acceptors (Lipinski definition) is 9. The molecule has 1 N–H and O–H groups in total. The lowest BCUT2D eigenvalue weighted by Crippen LogP contribution is -2.27. The molecule has 9 rings (SSSR count). The first-order chi connectivity index (χ1) is 29.7. The van der Waals surface area contributed by atoms with Gasteiger partial charge in [0.25, 0.3) is 0 Å². The second-order valence-corrected chi connectivity index (χ2v) is 14.5. The van der Waals surface area contributed by atoms with E-state index in [-0.39, 0.29) is 24.9 Å². The molecular formula is C49H45N5O7. The number of aliphatic imine (C=N–C) groups is 2. The minimum Gasteiger partial charge on any atom is -0.493 e. The number of nitrogens with one attached hydrogen (secondary N) is 1. The van der Waals surface area contributed by atoms with Crippen LogP contribution in [0.2, 0.25) is 0 Å². The molecule has 7 aromatic rings. The van der Waals surface area contributed by atoms with Crippen LogP contribution >= 0.6 is 0 Å². The number of H-pyrrole nitrogens is 1. The van der Waals surface area contributed by atoms with Gasteiger partial charge in [0.1, 0.15) is 25.4 Å². The van der Waals surface area contributed by atoms with E-state index in [0.29, 0.717) is 29.6 Å². The molecule has 0 unspecified atom stereocenters. The molecule has 12 nitrogen and oxygen atoms in total. The predicted octanol–water partition coefficient (Wildman–Crippen LogP) is 8.25.